The number of carbonyl (C=O) groups is 1. The van der Waals surface area contributed by atoms with Crippen LogP contribution < -0.4 is 5.32 Å². The quantitative estimate of drug-likeness (QED) is 0.540. The van der Waals surface area contributed by atoms with Crippen molar-refractivity contribution in [2.75, 3.05) is 5.32 Å². The van der Waals surface area contributed by atoms with Gasteiger partial charge in [0.2, 0.25) is 0 Å². The highest BCUT2D eigenvalue weighted by molar-refractivity contribution is 7.17. The molecule has 1 N–H and O–H groups in total. The number of fused-ring (bicyclic) bond motifs is 1. The predicted octanol–water partition coefficient (Wildman–Crippen LogP) is 4.84. The zero-order chi connectivity index (χ0) is 19.0. The lowest BCUT2D eigenvalue weighted by Crippen LogP contribution is -2.16. The van der Waals surface area contributed by atoms with Crippen molar-refractivity contribution in [3.8, 4) is 0 Å². The van der Waals surface area contributed by atoms with E-state index >= 15 is 0 Å². The molecule has 6 heteroatoms. The largest absolute Gasteiger partial charge is 0.336 e. The molecule has 0 spiro atoms. The van der Waals surface area contributed by atoms with Crippen molar-refractivity contribution in [3.05, 3.63) is 70.5 Å². The monoisotopic (exact) mass is 378 g/mol. The molecule has 4 rings (SSSR count). The number of thiophene rings is 1. The van der Waals surface area contributed by atoms with Crippen LogP contribution in [0.3, 0.4) is 0 Å². The van der Waals surface area contributed by atoms with E-state index in [0.717, 1.165) is 39.4 Å². The summed E-state index contributed by atoms with van der Waals surface area (Å²) in [5.41, 5.74) is 5.85. The van der Waals surface area contributed by atoms with Gasteiger partial charge in [-0.05, 0) is 62.0 Å². The molecule has 0 saturated heterocycles. The third-order valence-corrected chi connectivity index (χ3v) is 5.55. The van der Waals surface area contributed by atoms with Crippen LogP contribution in [0.5, 0.6) is 0 Å². The first kappa shape index (κ1) is 17.5. The maximum atomic E-state index is 12.8. The van der Waals surface area contributed by atoms with Gasteiger partial charge in [0.1, 0.15) is 5.69 Å². The fourth-order valence-corrected chi connectivity index (χ4v) is 4.28. The number of nitrogens with zero attached hydrogens (tertiary/aromatic N) is 3. The second-order valence-corrected chi connectivity index (χ2v) is 7.63. The van der Waals surface area contributed by atoms with Crippen LogP contribution in [0.1, 0.15) is 34.4 Å². The summed E-state index contributed by atoms with van der Waals surface area (Å²) in [4.78, 5) is 12.8. The molecule has 27 heavy (non-hydrogen) atoms. The Morgan fingerprint density at radius 1 is 1.19 bits per heavy atom. The number of anilines is 1. The molecule has 1 amide bonds. The average molecular weight is 379 g/mol. The Hall–Kier alpha value is -2.86. The first-order valence-corrected chi connectivity index (χ1v) is 9.91. The number of aromatic nitrogens is 3. The summed E-state index contributed by atoms with van der Waals surface area (Å²) in [7, 11) is 0. The summed E-state index contributed by atoms with van der Waals surface area (Å²) in [6.45, 7) is 7.55. The number of hydrogen-bond donors (Lipinski definition) is 1. The summed E-state index contributed by atoms with van der Waals surface area (Å²) < 4.78 is 5.17. The van der Waals surface area contributed by atoms with E-state index in [-0.39, 0.29) is 5.91 Å². The number of carbonyl (C=O) groups excluding carboxylic acids is 1. The van der Waals surface area contributed by atoms with Crippen LogP contribution in [-0.4, -0.2) is 20.3 Å². The zero-order valence-corrected chi connectivity index (χ0v) is 16.5. The molecule has 0 saturated carbocycles. The topological polar surface area (TPSA) is 51.9 Å². The van der Waals surface area contributed by atoms with Gasteiger partial charge in [-0.15, -0.1) is 11.3 Å². The molecule has 3 heterocycles. The zero-order valence-electron chi connectivity index (χ0n) is 15.7. The van der Waals surface area contributed by atoms with Gasteiger partial charge in [-0.2, -0.15) is 5.10 Å². The number of benzene rings is 1. The highest BCUT2D eigenvalue weighted by Crippen LogP contribution is 2.26. The molecule has 0 unspecified atom stereocenters. The van der Waals surface area contributed by atoms with Crippen LogP contribution in [0.15, 0.2) is 47.8 Å². The minimum Gasteiger partial charge on any atom is -0.336 e. The molecule has 0 aliphatic heterocycles. The molecule has 0 aliphatic rings. The molecule has 4 aromatic rings. The van der Waals surface area contributed by atoms with Crippen LogP contribution >= 0.6 is 11.3 Å². The molecule has 5 nitrogen and oxygen atoms in total. The third-order valence-electron chi connectivity index (χ3n) is 4.69. The van der Waals surface area contributed by atoms with Crippen molar-refractivity contribution in [3.63, 3.8) is 0 Å². The van der Waals surface area contributed by atoms with Crippen LogP contribution in [0.4, 0.5) is 5.69 Å². The van der Waals surface area contributed by atoms with Gasteiger partial charge in [-0.1, -0.05) is 12.1 Å². The molecule has 138 valence electrons. The van der Waals surface area contributed by atoms with Crippen molar-refractivity contribution in [1.82, 2.24) is 14.3 Å². The smallest absolute Gasteiger partial charge is 0.272 e. The van der Waals surface area contributed by atoms with Crippen LogP contribution in [0.25, 0.3) is 10.2 Å². The van der Waals surface area contributed by atoms with Gasteiger partial charge in [0, 0.05) is 17.9 Å². The fourth-order valence-electron chi connectivity index (χ4n) is 3.46. The van der Waals surface area contributed by atoms with E-state index in [0.29, 0.717) is 12.2 Å². The summed E-state index contributed by atoms with van der Waals surface area (Å²) in [5, 5.41) is 9.61. The minimum atomic E-state index is -0.0801. The van der Waals surface area contributed by atoms with Crippen LogP contribution in [-0.2, 0) is 13.1 Å². The fraction of sp³-hybridized carbons (Fsp3) is 0.238. The molecule has 0 bridgehead atoms. The van der Waals surface area contributed by atoms with Gasteiger partial charge < -0.3 is 9.88 Å². The van der Waals surface area contributed by atoms with E-state index in [1.54, 1.807) is 11.3 Å². The Bertz CT molecular complexity index is 1120. The molecular weight excluding hydrogens is 356 g/mol. The standard InChI is InChI=1S/C21H22N4OS/c1-4-24-18-8-9-27-20(18)12-19(24)21(26)22-17-7-5-6-16(11-17)13-25-15(3)10-14(2)23-25/h5-12H,4,13H2,1-3H3,(H,22,26). The van der Waals surface area contributed by atoms with Crippen LogP contribution in [0, 0.1) is 13.8 Å². The SMILES string of the molecule is CCn1c(C(=O)Nc2cccc(Cn3nc(C)cc3C)c2)cc2sccc21. The summed E-state index contributed by atoms with van der Waals surface area (Å²) in [6.07, 6.45) is 0. The second-order valence-electron chi connectivity index (χ2n) is 6.68. The predicted molar refractivity (Wildman–Crippen MR) is 111 cm³/mol. The van der Waals surface area contributed by atoms with E-state index in [1.807, 2.05) is 35.9 Å². The molecule has 0 fully saturated rings. The highest BCUT2D eigenvalue weighted by Gasteiger charge is 2.15. The van der Waals surface area contributed by atoms with Crippen molar-refractivity contribution >= 4 is 33.1 Å². The summed E-state index contributed by atoms with van der Waals surface area (Å²) in [5.74, 6) is -0.0801. The van der Waals surface area contributed by atoms with Gasteiger partial charge >= 0.3 is 0 Å². The number of hydrogen-bond acceptors (Lipinski definition) is 3. The summed E-state index contributed by atoms with van der Waals surface area (Å²) >= 11 is 1.66. The van der Waals surface area contributed by atoms with Crippen molar-refractivity contribution in [2.45, 2.75) is 33.9 Å². The lowest BCUT2D eigenvalue weighted by Gasteiger charge is -2.10. The Morgan fingerprint density at radius 3 is 2.78 bits per heavy atom. The first-order valence-electron chi connectivity index (χ1n) is 9.03. The Kier molecular flexibility index (Phi) is 4.58. The second kappa shape index (κ2) is 7.04. The molecule has 3 aromatic heterocycles. The third kappa shape index (κ3) is 3.40. The minimum absolute atomic E-state index is 0.0801. The number of aryl methyl sites for hydroxylation is 3. The van der Waals surface area contributed by atoms with Gasteiger partial charge in [0.25, 0.3) is 5.91 Å². The lowest BCUT2D eigenvalue weighted by atomic mass is 10.2. The molecule has 1 aromatic carbocycles. The normalized spacial score (nSPS) is 11.2. The van der Waals surface area contributed by atoms with E-state index in [2.05, 4.69) is 52.4 Å². The molecule has 0 radical (unpaired) electrons. The first-order chi connectivity index (χ1) is 13.0. The van der Waals surface area contributed by atoms with Crippen molar-refractivity contribution in [1.29, 1.82) is 0 Å². The highest BCUT2D eigenvalue weighted by atomic mass is 32.1. The Labute approximate surface area is 162 Å². The van der Waals surface area contributed by atoms with Gasteiger partial charge in [0.05, 0.1) is 22.5 Å². The lowest BCUT2D eigenvalue weighted by molar-refractivity contribution is 0.101. The van der Waals surface area contributed by atoms with E-state index in [9.17, 15) is 4.79 Å². The van der Waals surface area contributed by atoms with Crippen LogP contribution in [0.2, 0.25) is 0 Å². The maximum Gasteiger partial charge on any atom is 0.272 e. The number of nitrogens with one attached hydrogen (secondary N) is 1. The van der Waals surface area contributed by atoms with Crippen molar-refractivity contribution < 1.29 is 4.79 Å². The molecular formula is C21H22N4OS. The van der Waals surface area contributed by atoms with E-state index in [4.69, 9.17) is 0 Å². The van der Waals surface area contributed by atoms with E-state index in [1.165, 1.54) is 0 Å². The van der Waals surface area contributed by atoms with Gasteiger partial charge in [-0.3, -0.25) is 9.48 Å². The van der Waals surface area contributed by atoms with Crippen molar-refractivity contribution in [2.24, 2.45) is 0 Å². The Balaban J connectivity index is 1.56. The summed E-state index contributed by atoms with van der Waals surface area (Å²) in [6, 6.07) is 14.1. The molecule has 0 aliphatic carbocycles. The van der Waals surface area contributed by atoms with Gasteiger partial charge in [-0.25, -0.2) is 0 Å². The molecule has 0 atom stereocenters. The maximum absolute atomic E-state index is 12.8. The van der Waals surface area contributed by atoms with Gasteiger partial charge in [0.15, 0.2) is 0 Å². The average Bonchev–Trinajstić information content (AvgIpc) is 3.29. The Morgan fingerprint density at radius 2 is 2.04 bits per heavy atom. The van der Waals surface area contributed by atoms with E-state index < -0.39 is 0 Å². The number of rotatable bonds is 5. The number of amides is 1.